The molecule has 0 spiro atoms. The maximum Gasteiger partial charge on any atom is 0.339 e. The van der Waals surface area contributed by atoms with Crippen molar-refractivity contribution in [2.75, 3.05) is 6.61 Å². The van der Waals surface area contributed by atoms with Crippen molar-refractivity contribution in [2.24, 2.45) is 7.05 Å². The molecule has 0 saturated carbocycles. The fourth-order valence-electron chi connectivity index (χ4n) is 4.40. The maximum atomic E-state index is 13.4. The lowest BCUT2D eigenvalue weighted by molar-refractivity contribution is -0.163. The average Bonchev–Trinajstić information content (AvgIpc) is 2.79. The van der Waals surface area contributed by atoms with Crippen LogP contribution in [0.15, 0.2) is 41.2 Å². The second kappa shape index (κ2) is 8.67. The van der Waals surface area contributed by atoms with Gasteiger partial charge in [0, 0.05) is 18.0 Å². The zero-order valence-corrected chi connectivity index (χ0v) is 19.9. The highest BCUT2D eigenvalue weighted by atomic mass is 16.5. The van der Waals surface area contributed by atoms with Crippen LogP contribution in [-0.4, -0.2) is 27.9 Å². The first kappa shape index (κ1) is 23.1. The number of nitrogens with zero attached hydrogens (tertiary/aromatic N) is 1. The molecule has 0 radical (unpaired) electrons. The number of benzene rings is 2. The molecule has 1 unspecified atom stereocenters. The standard InChI is InChI=1S/C27H31NO5/c1-6-27(3,4)33-24(26(30)31)23-22(18-10-12-21-17(15-18)8-7-13-32-21)19-11-9-16(2)14-20(19)25(29)28(23)5/h9-12,14-15,24H,6-8,13H2,1-5H3,(H,30,31). The Kier molecular flexibility index (Phi) is 6.06. The topological polar surface area (TPSA) is 77.8 Å². The third-order valence-corrected chi connectivity index (χ3v) is 6.56. The molecular formula is C27H31NO5. The van der Waals surface area contributed by atoms with Crippen LogP contribution in [0.3, 0.4) is 0 Å². The van der Waals surface area contributed by atoms with Gasteiger partial charge < -0.3 is 19.1 Å². The van der Waals surface area contributed by atoms with Gasteiger partial charge in [-0.25, -0.2) is 4.79 Å². The molecule has 0 bridgehead atoms. The molecule has 1 aliphatic rings. The Morgan fingerprint density at radius 2 is 1.97 bits per heavy atom. The summed E-state index contributed by atoms with van der Waals surface area (Å²) in [6, 6.07) is 11.6. The number of rotatable bonds is 6. The zero-order chi connectivity index (χ0) is 23.9. The van der Waals surface area contributed by atoms with Crippen LogP contribution in [0.1, 0.15) is 56.5 Å². The van der Waals surface area contributed by atoms with Gasteiger partial charge >= 0.3 is 5.97 Å². The SMILES string of the molecule is CCC(C)(C)OC(C(=O)O)c1c(-c2ccc3c(c2)CCCO3)c2ccc(C)cc2c(=O)n1C. The van der Waals surface area contributed by atoms with Crippen molar-refractivity contribution >= 4 is 16.7 Å². The number of hydrogen-bond donors (Lipinski definition) is 1. The summed E-state index contributed by atoms with van der Waals surface area (Å²) in [5.41, 5.74) is 3.04. The van der Waals surface area contributed by atoms with Gasteiger partial charge in [-0.3, -0.25) is 4.79 Å². The molecular weight excluding hydrogens is 418 g/mol. The molecule has 2 heterocycles. The van der Waals surface area contributed by atoms with Crippen LogP contribution in [-0.2, 0) is 23.0 Å². The first-order chi connectivity index (χ1) is 15.6. The van der Waals surface area contributed by atoms with E-state index in [2.05, 4.69) is 6.07 Å². The van der Waals surface area contributed by atoms with Gasteiger partial charge in [0.05, 0.1) is 17.9 Å². The third kappa shape index (κ3) is 4.27. The Labute approximate surface area is 193 Å². The second-order valence-electron chi connectivity index (χ2n) is 9.40. The van der Waals surface area contributed by atoms with Crippen LogP contribution >= 0.6 is 0 Å². The lowest BCUT2D eigenvalue weighted by atomic mass is 9.91. The summed E-state index contributed by atoms with van der Waals surface area (Å²) >= 11 is 0. The first-order valence-corrected chi connectivity index (χ1v) is 11.4. The summed E-state index contributed by atoms with van der Waals surface area (Å²) in [5, 5.41) is 11.5. The van der Waals surface area contributed by atoms with Crippen LogP contribution in [0.4, 0.5) is 0 Å². The highest BCUT2D eigenvalue weighted by Crippen LogP contribution is 2.39. The second-order valence-corrected chi connectivity index (χ2v) is 9.40. The fourth-order valence-corrected chi connectivity index (χ4v) is 4.40. The molecule has 6 heteroatoms. The number of carbonyl (C=O) groups is 1. The minimum absolute atomic E-state index is 0.238. The van der Waals surface area contributed by atoms with Crippen molar-refractivity contribution in [3.63, 3.8) is 0 Å². The summed E-state index contributed by atoms with van der Waals surface area (Å²) < 4.78 is 13.4. The van der Waals surface area contributed by atoms with E-state index in [-0.39, 0.29) is 5.56 Å². The number of fused-ring (bicyclic) bond motifs is 2. The molecule has 2 aromatic carbocycles. The number of ether oxygens (including phenoxy) is 2. The highest BCUT2D eigenvalue weighted by molar-refractivity contribution is 5.99. The zero-order valence-electron chi connectivity index (χ0n) is 19.9. The van der Waals surface area contributed by atoms with Crippen LogP contribution in [0.25, 0.3) is 21.9 Å². The maximum absolute atomic E-state index is 13.4. The molecule has 0 fully saturated rings. The lowest BCUT2D eigenvalue weighted by Gasteiger charge is -2.30. The van der Waals surface area contributed by atoms with E-state index in [0.717, 1.165) is 40.7 Å². The quantitative estimate of drug-likeness (QED) is 0.562. The molecule has 1 aromatic heterocycles. The molecule has 1 aliphatic heterocycles. The van der Waals surface area contributed by atoms with Gasteiger partial charge in [0.25, 0.3) is 5.56 Å². The normalized spacial score (nSPS) is 14.6. The number of hydrogen-bond acceptors (Lipinski definition) is 4. The number of aliphatic carboxylic acids is 1. The fraction of sp³-hybridized carbons (Fsp3) is 0.407. The van der Waals surface area contributed by atoms with E-state index in [0.29, 0.717) is 29.7 Å². The van der Waals surface area contributed by atoms with Crippen molar-refractivity contribution in [2.45, 2.75) is 58.7 Å². The summed E-state index contributed by atoms with van der Waals surface area (Å²) in [4.78, 5) is 25.9. The van der Waals surface area contributed by atoms with Gasteiger partial charge in [-0.1, -0.05) is 30.7 Å². The number of aryl methyl sites for hydroxylation is 2. The Bertz CT molecular complexity index is 1290. The van der Waals surface area contributed by atoms with E-state index in [1.807, 2.05) is 58.0 Å². The van der Waals surface area contributed by atoms with Crippen molar-refractivity contribution in [3.8, 4) is 16.9 Å². The lowest BCUT2D eigenvalue weighted by Crippen LogP contribution is -2.34. The monoisotopic (exact) mass is 449 g/mol. The van der Waals surface area contributed by atoms with Crippen molar-refractivity contribution in [1.82, 2.24) is 4.57 Å². The summed E-state index contributed by atoms with van der Waals surface area (Å²) in [6.45, 7) is 8.31. The van der Waals surface area contributed by atoms with Crippen LogP contribution < -0.4 is 10.3 Å². The molecule has 33 heavy (non-hydrogen) atoms. The Morgan fingerprint density at radius 3 is 2.67 bits per heavy atom. The van der Waals surface area contributed by atoms with Crippen molar-refractivity contribution < 1.29 is 19.4 Å². The molecule has 6 nitrogen and oxygen atoms in total. The van der Waals surface area contributed by atoms with E-state index in [1.165, 1.54) is 4.57 Å². The Morgan fingerprint density at radius 1 is 1.21 bits per heavy atom. The molecule has 1 N–H and O–H groups in total. The largest absolute Gasteiger partial charge is 0.493 e. The van der Waals surface area contributed by atoms with Crippen molar-refractivity contribution in [3.05, 3.63) is 63.6 Å². The summed E-state index contributed by atoms with van der Waals surface area (Å²) in [5.74, 6) is -0.268. The number of carboxylic acid groups (broad SMARTS) is 1. The van der Waals surface area contributed by atoms with Crippen LogP contribution in [0.2, 0.25) is 0 Å². The molecule has 174 valence electrons. The van der Waals surface area contributed by atoms with Gasteiger partial charge in [0.2, 0.25) is 0 Å². The van der Waals surface area contributed by atoms with E-state index < -0.39 is 17.7 Å². The molecule has 4 rings (SSSR count). The van der Waals surface area contributed by atoms with Gasteiger partial charge in [-0.2, -0.15) is 0 Å². The molecule has 0 aliphatic carbocycles. The molecule has 3 aromatic rings. The number of aromatic nitrogens is 1. The number of carboxylic acids is 1. The third-order valence-electron chi connectivity index (χ3n) is 6.56. The van der Waals surface area contributed by atoms with E-state index in [4.69, 9.17) is 9.47 Å². The minimum Gasteiger partial charge on any atom is -0.493 e. The van der Waals surface area contributed by atoms with E-state index in [1.54, 1.807) is 7.05 Å². The average molecular weight is 450 g/mol. The van der Waals surface area contributed by atoms with Gasteiger partial charge in [-0.05, 0) is 74.7 Å². The molecule has 0 saturated heterocycles. The number of pyridine rings is 1. The van der Waals surface area contributed by atoms with Crippen LogP contribution in [0.5, 0.6) is 5.75 Å². The van der Waals surface area contributed by atoms with Crippen molar-refractivity contribution in [1.29, 1.82) is 0 Å². The van der Waals surface area contributed by atoms with Gasteiger partial charge in [0.15, 0.2) is 6.10 Å². The molecule has 0 amide bonds. The van der Waals surface area contributed by atoms with E-state index in [9.17, 15) is 14.7 Å². The Balaban J connectivity index is 2.08. The highest BCUT2D eigenvalue weighted by Gasteiger charge is 2.34. The molecule has 1 atom stereocenters. The summed E-state index contributed by atoms with van der Waals surface area (Å²) in [7, 11) is 1.63. The summed E-state index contributed by atoms with van der Waals surface area (Å²) in [6.07, 6.45) is 1.15. The van der Waals surface area contributed by atoms with Crippen LogP contribution in [0, 0.1) is 6.92 Å². The first-order valence-electron chi connectivity index (χ1n) is 11.4. The predicted octanol–water partition coefficient (Wildman–Crippen LogP) is 5.17. The smallest absolute Gasteiger partial charge is 0.339 e. The predicted molar refractivity (Wildman–Crippen MR) is 129 cm³/mol. The van der Waals surface area contributed by atoms with Gasteiger partial charge in [-0.15, -0.1) is 0 Å². The minimum atomic E-state index is -1.30. The van der Waals surface area contributed by atoms with E-state index >= 15 is 0 Å². The van der Waals surface area contributed by atoms with Gasteiger partial charge in [0.1, 0.15) is 5.75 Å². The Hall–Kier alpha value is -3.12.